The van der Waals surface area contributed by atoms with Crippen LogP contribution in [0.15, 0.2) is 28.7 Å². The van der Waals surface area contributed by atoms with Crippen molar-refractivity contribution in [1.29, 1.82) is 0 Å². The van der Waals surface area contributed by atoms with Crippen LogP contribution in [0.25, 0.3) is 0 Å². The molecule has 2 rings (SSSR count). The zero-order chi connectivity index (χ0) is 10.7. The van der Waals surface area contributed by atoms with Crippen molar-refractivity contribution >= 4 is 15.9 Å². The van der Waals surface area contributed by atoms with E-state index in [1.54, 1.807) is 7.11 Å². The molecule has 3 heteroatoms. The standard InChI is InChI=1S/C12H16BrNO/c1-15-11-6-7-14(9-11)8-10-4-2-3-5-12(10)13/h2-5,11H,6-9H2,1H3. The van der Waals surface area contributed by atoms with E-state index in [1.165, 1.54) is 10.0 Å². The van der Waals surface area contributed by atoms with Gasteiger partial charge in [0.1, 0.15) is 0 Å². The van der Waals surface area contributed by atoms with Gasteiger partial charge in [0.2, 0.25) is 0 Å². The highest BCUT2D eigenvalue weighted by Gasteiger charge is 2.22. The Hall–Kier alpha value is -0.380. The van der Waals surface area contributed by atoms with E-state index in [4.69, 9.17) is 4.74 Å². The Balaban J connectivity index is 1.96. The summed E-state index contributed by atoms with van der Waals surface area (Å²) >= 11 is 3.58. The van der Waals surface area contributed by atoms with Crippen LogP contribution < -0.4 is 0 Å². The first-order valence-corrected chi connectivity index (χ1v) is 6.07. The van der Waals surface area contributed by atoms with E-state index < -0.39 is 0 Å². The topological polar surface area (TPSA) is 12.5 Å². The average molecular weight is 270 g/mol. The Labute approximate surface area is 99.4 Å². The number of methoxy groups -OCH3 is 1. The van der Waals surface area contributed by atoms with Gasteiger partial charge in [-0.3, -0.25) is 4.90 Å². The highest BCUT2D eigenvalue weighted by atomic mass is 79.9. The maximum atomic E-state index is 5.36. The minimum Gasteiger partial charge on any atom is -0.380 e. The molecule has 1 saturated heterocycles. The van der Waals surface area contributed by atoms with Crippen LogP contribution in [0.2, 0.25) is 0 Å². The number of halogens is 1. The quantitative estimate of drug-likeness (QED) is 0.837. The molecule has 0 radical (unpaired) electrons. The van der Waals surface area contributed by atoms with Gasteiger partial charge in [-0.2, -0.15) is 0 Å². The molecule has 1 aromatic rings. The van der Waals surface area contributed by atoms with E-state index in [1.807, 2.05) is 0 Å². The van der Waals surface area contributed by atoms with Crippen LogP contribution in [-0.4, -0.2) is 31.2 Å². The summed E-state index contributed by atoms with van der Waals surface area (Å²) in [5, 5.41) is 0. The van der Waals surface area contributed by atoms with Crippen molar-refractivity contribution in [1.82, 2.24) is 4.90 Å². The average Bonchev–Trinajstić information content (AvgIpc) is 2.69. The van der Waals surface area contributed by atoms with Crippen LogP contribution in [0.3, 0.4) is 0 Å². The van der Waals surface area contributed by atoms with Crippen molar-refractivity contribution < 1.29 is 4.74 Å². The molecule has 1 fully saturated rings. The summed E-state index contributed by atoms with van der Waals surface area (Å²) in [6.07, 6.45) is 1.58. The predicted octanol–water partition coefficient (Wildman–Crippen LogP) is 2.67. The van der Waals surface area contributed by atoms with Crippen molar-refractivity contribution in [3.8, 4) is 0 Å². The van der Waals surface area contributed by atoms with Gasteiger partial charge in [0.15, 0.2) is 0 Å². The van der Waals surface area contributed by atoms with Gasteiger partial charge in [0.25, 0.3) is 0 Å². The molecule has 1 atom stereocenters. The molecule has 1 aromatic carbocycles. The summed E-state index contributed by atoms with van der Waals surface area (Å²) in [4.78, 5) is 2.44. The summed E-state index contributed by atoms with van der Waals surface area (Å²) in [7, 11) is 1.80. The van der Waals surface area contributed by atoms with Gasteiger partial charge in [-0.05, 0) is 18.1 Å². The van der Waals surface area contributed by atoms with Crippen molar-refractivity contribution in [3.05, 3.63) is 34.3 Å². The van der Waals surface area contributed by atoms with Gasteiger partial charge in [0, 0.05) is 31.2 Å². The Morgan fingerprint density at radius 1 is 1.47 bits per heavy atom. The maximum Gasteiger partial charge on any atom is 0.0710 e. The van der Waals surface area contributed by atoms with Gasteiger partial charge < -0.3 is 4.74 Å². The lowest BCUT2D eigenvalue weighted by Gasteiger charge is -2.16. The van der Waals surface area contributed by atoms with Crippen LogP contribution >= 0.6 is 15.9 Å². The highest BCUT2D eigenvalue weighted by Crippen LogP contribution is 2.20. The molecule has 0 bridgehead atoms. The first-order chi connectivity index (χ1) is 7.29. The van der Waals surface area contributed by atoms with E-state index in [-0.39, 0.29) is 0 Å². The second-order valence-electron chi connectivity index (χ2n) is 3.97. The molecular weight excluding hydrogens is 254 g/mol. The minimum absolute atomic E-state index is 0.424. The third-order valence-electron chi connectivity index (χ3n) is 2.91. The second kappa shape index (κ2) is 5.10. The van der Waals surface area contributed by atoms with E-state index >= 15 is 0 Å². The largest absolute Gasteiger partial charge is 0.380 e. The van der Waals surface area contributed by atoms with Gasteiger partial charge >= 0.3 is 0 Å². The fraction of sp³-hybridized carbons (Fsp3) is 0.500. The zero-order valence-corrected chi connectivity index (χ0v) is 10.5. The van der Waals surface area contributed by atoms with E-state index in [2.05, 4.69) is 45.1 Å². The molecule has 0 aliphatic carbocycles. The number of benzene rings is 1. The molecule has 15 heavy (non-hydrogen) atoms. The fourth-order valence-electron chi connectivity index (χ4n) is 2.00. The smallest absolute Gasteiger partial charge is 0.0710 e. The van der Waals surface area contributed by atoms with Crippen molar-refractivity contribution in [2.24, 2.45) is 0 Å². The Morgan fingerprint density at radius 2 is 2.27 bits per heavy atom. The number of rotatable bonds is 3. The molecule has 0 spiro atoms. The fourth-order valence-corrected chi connectivity index (χ4v) is 2.41. The Kier molecular flexibility index (Phi) is 3.78. The van der Waals surface area contributed by atoms with Crippen LogP contribution in [0, 0.1) is 0 Å². The molecule has 1 aliphatic rings. The minimum atomic E-state index is 0.424. The number of likely N-dealkylation sites (tertiary alicyclic amines) is 1. The Morgan fingerprint density at radius 3 is 2.93 bits per heavy atom. The third-order valence-corrected chi connectivity index (χ3v) is 3.69. The normalized spacial score (nSPS) is 22.1. The first kappa shape index (κ1) is 11.1. The third kappa shape index (κ3) is 2.80. The summed E-state index contributed by atoms with van der Waals surface area (Å²) in [6, 6.07) is 8.41. The van der Waals surface area contributed by atoms with Crippen molar-refractivity contribution in [2.75, 3.05) is 20.2 Å². The summed E-state index contributed by atoms with van der Waals surface area (Å²) in [5.41, 5.74) is 1.36. The van der Waals surface area contributed by atoms with E-state index in [9.17, 15) is 0 Å². The predicted molar refractivity (Wildman–Crippen MR) is 64.8 cm³/mol. The van der Waals surface area contributed by atoms with Gasteiger partial charge in [-0.1, -0.05) is 34.1 Å². The molecule has 2 nitrogen and oxygen atoms in total. The molecule has 0 amide bonds. The number of hydrogen-bond acceptors (Lipinski definition) is 2. The summed E-state index contributed by atoms with van der Waals surface area (Å²) < 4.78 is 6.56. The maximum absolute atomic E-state index is 5.36. The molecule has 0 N–H and O–H groups in total. The van der Waals surface area contributed by atoms with Crippen LogP contribution in [-0.2, 0) is 11.3 Å². The monoisotopic (exact) mass is 269 g/mol. The second-order valence-corrected chi connectivity index (χ2v) is 4.83. The lowest BCUT2D eigenvalue weighted by molar-refractivity contribution is 0.107. The van der Waals surface area contributed by atoms with Crippen LogP contribution in [0.4, 0.5) is 0 Å². The van der Waals surface area contributed by atoms with Gasteiger partial charge in [-0.25, -0.2) is 0 Å². The Bertz CT molecular complexity index is 329. The molecule has 1 aliphatic heterocycles. The summed E-state index contributed by atoms with van der Waals surface area (Å²) in [5.74, 6) is 0. The molecule has 1 heterocycles. The SMILES string of the molecule is COC1CCN(Cc2ccccc2Br)C1. The molecule has 1 unspecified atom stereocenters. The number of hydrogen-bond donors (Lipinski definition) is 0. The lowest BCUT2D eigenvalue weighted by Crippen LogP contribution is -2.22. The first-order valence-electron chi connectivity index (χ1n) is 5.28. The number of ether oxygens (including phenoxy) is 1. The molecule has 0 saturated carbocycles. The van der Waals surface area contributed by atoms with E-state index in [0.717, 1.165) is 26.1 Å². The van der Waals surface area contributed by atoms with Crippen molar-refractivity contribution in [2.45, 2.75) is 19.1 Å². The van der Waals surface area contributed by atoms with Crippen molar-refractivity contribution in [3.63, 3.8) is 0 Å². The molecular formula is C12H16BrNO. The van der Waals surface area contributed by atoms with Crippen LogP contribution in [0.5, 0.6) is 0 Å². The zero-order valence-electron chi connectivity index (χ0n) is 8.95. The molecule has 82 valence electrons. The highest BCUT2D eigenvalue weighted by molar-refractivity contribution is 9.10. The van der Waals surface area contributed by atoms with Gasteiger partial charge in [-0.15, -0.1) is 0 Å². The van der Waals surface area contributed by atoms with Crippen LogP contribution in [0.1, 0.15) is 12.0 Å². The number of nitrogens with zero attached hydrogens (tertiary/aromatic N) is 1. The van der Waals surface area contributed by atoms with Gasteiger partial charge in [0.05, 0.1) is 6.10 Å². The van der Waals surface area contributed by atoms with E-state index in [0.29, 0.717) is 6.10 Å². The summed E-state index contributed by atoms with van der Waals surface area (Å²) in [6.45, 7) is 3.21. The molecule has 0 aromatic heterocycles. The lowest BCUT2D eigenvalue weighted by atomic mass is 10.2.